The molecule has 0 saturated heterocycles. The molecule has 1 aromatic carbocycles. The van der Waals surface area contributed by atoms with Crippen LogP contribution in [-0.2, 0) is 11.3 Å². The number of aliphatic carboxylic acids is 1. The number of nitrogens with zero attached hydrogens (tertiary/aromatic N) is 3. The van der Waals surface area contributed by atoms with Crippen molar-refractivity contribution in [2.75, 3.05) is 5.75 Å². The van der Waals surface area contributed by atoms with Crippen LogP contribution in [0.25, 0.3) is 11.4 Å². The van der Waals surface area contributed by atoms with Crippen LogP contribution in [0.3, 0.4) is 0 Å². The number of thioether (sulfide) groups is 1. The molecule has 0 aliphatic rings. The van der Waals surface area contributed by atoms with Gasteiger partial charge in [-0.3, -0.25) is 4.79 Å². The highest BCUT2D eigenvalue weighted by molar-refractivity contribution is 9.10. The number of carbonyl (C=O) groups is 1. The Morgan fingerprint density at radius 2 is 2.19 bits per heavy atom. The van der Waals surface area contributed by atoms with Gasteiger partial charge in [-0.15, -0.1) is 10.2 Å². The van der Waals surface area contributed by atoms with Crippen molar-refractivity contribution >= 4 is 45.3 Å². The third kappa shape index (κ3) is 4.21. The van der Waals surface area contributed by atoms with Gasteiger partial charge in [0.2, 0.25) is 0 Å². The Kier molecular flexibility index (Phi) is 5.66. The monoisotopic (exact) mass is 389 g/mol. The first kappa shape index (κ1) is 16.3. The van der Waals surface area contributed by atoms with Crippen LogP contribution in [0.2, 0.25) is 5.02 Å². The van der Waals surface area contributed by atoms with Crippen molar-refractivity contribution in [3.05, 3.63) is 27.7 Å². The zero-order valence-electron chi connectivity index (χ0n) is 11.2. The van der Waals surface area contributed by atoms with Crippen molar-refractivity contribution in [2.24, 2.45) is 0 Å². The maximum absolute atomic E-state index is 10.7. The van der Waals surface area contributed by atoms with E-state index in [1.807, 2.05) is 23.6 Å². The minimum atomic E-state index is -0.877. The molecule has 1 heterocycles. The van der Waals surface area contributed by atoms with Gasteiger partial charge >= 0.3 is 5.97 Å². The maximum Gasteiger partial charge on any atom is 0.313 e. The van der Waals surface area contributed by atoms with Gasteiger partial charge in [-0.25, -0.2) is 0 Å². The second-order valence-corrected chi connectivity index (χ2v) is 6.59. The highest BCUT2D eigenvalue weighted by Gasteiger charge is 2.15. The fourth-order valence-corrected chi connectivity index (χ4v) is 3.39. The van der Waals surface area contributed by atoms with Gasteiger partial charge in [0.15, 0.2) is 11.0 Å². The number of rotatable bonds is 6. The summed E-state index contributed by atoms with van der Waals surface area (Å²) in [5, 5.41) is 18.3. The fraction of sp³-hybridized carbons (Fsp3) is 0.308. The number of carboxylic acid groups (broad SMARTS) is 1. The molecule has 0 spiro atoms. The molecule has 0 amide bonds. The molecule has 0 fully saturated rings. The Balaban J connectivity index is 2.40. The van der Waals surface area contributed by atoms with Crippen molar-refractivity contribution in [1.82, 2.24) is 14.8 Å². The van der Waals surface area contributed by atoms with E-state index in [1.54, 1.807) is 6.07 Å². The predicted octanol–water partition coefficient (Wildman–Crippen LogP) is 3.95. The molecule has 1 N–H and O–H groups in total. The summed E-state index contributed by atoms with van der Waals surface area (Å²) >= 11 is 10.6. The fourth-order valence-electron chi connectivity index (χ4n) is 1.84. The van der Waals surface area contributed by atoms with E-state index in [2.05, 4.69) is 26.1 Å². The Labute approximate surface area is 139 Å². The second kappa shape index (κ2) is 7.29. The lowest BCUT2D eigenvalue weighted by Gasteiger charge is -2.09. The minimum Gasteiger partial charge on any atom is -0.481 e. The van der Waals surface area contributed by atoms with Crippen LogP contribution in [0, 0.1) is 0 Å². The summed E-state index contributed by atoms with van der Waals surface area (Å²) in [4.78, 5) is 10.7. The van der Waals surface area contributed by atoms with Crippen LogP contribution in [0.5, 0.6) is 0 Å². The van der Waals surface area contributed by atoms with Crippen LogP contribution in [0.4, 0.5) is 0 Å². The number of benzene rings is 1. The lowest BCUT2D eigenvalue weighted by molar-refractivity contribution is -0.133. The molecule has 0 radical (unpaired) electrons. The van der Waals surface area contributed by atoms with Crippen LogP contribution in [0.15, 0.2) is 27.8 Å². The molecule has 8 heteroatoms. The van der Waals surface area contributed by atoms with Crippen molar-refractivity contribution in [3.8, 4) is 11.4 Å². The number of hydrogen-bond acceptors (Lipinski definition) is 4. The van der Waals surface area contributed by atoms with Crippen LogP contribution in [0.1, 0.15) is 13.3 Å². The van der Waals surface area contributed by atoms with Gasteiger partial charge in [-0.2, -0.15) is 0 Å². The van der Waals surface area contributed by atoms with Crippen molar-refractivity contribution < 1.29 is 9.90 Å². The van der Waals surface area contributed by atoms with Crippen molar-refractivity contribution in [1.29, 1.82) is 0 Å². The smallest absolute Gasteiger partial charge is 0.313 e. The molecule has 1 aromatic heterocycles. The van der Waals surface area contributed by atoms with Gasteiger partial charge in [-0.1, -0.05) is 46.2 Å². The average molecular weight is 391 g/mol. The number of halogens is 2. The maximum atomic E-state index is 10.7. The van der Waals surface area contributed by atoms with E-state index in [0.29, 0.717) is 22.5 Å². The largest absolute Gasteiger partial charge is 0.481 e. The molecule has 0 unspecified atom stereocenters. The van der Waals surface area contributed by atoms with Gasteiger partial charge in [0.25, 0.3) is 0 Å². The number of aromatic nitrogens is 3. The lowest BCUT2D eigenvalue weighted by atomic mass is 10.2. The zero-order chi connectivity index (χ0) is 15.4. The zero-order valence-corrected chi connectivity index (χ0v) is 14.4. The van der Waals surface area contributed by atoms with E-state index < -0.39 is 5.97 Å². The summed E-state index contributed by atoms with van der Waals surface area (Å²) in [5.74, 6) is -0.229. The first-order chi connectivity index (χ1) is 10.0. The normalized spacial score (nSPS) is 10.8. The van der Waals surface area contributed by atoms with Crippen LogP contribution in [-0.4, -0.2) is 31.6 Å². The quantitative estimate of drug-likeness (QED) is 0.756. The van der Waals surface area contributed by atoms with Gasteiger partial charge in [0.1, 0.15) is 0 Å². The summed E-state index contributed by atoms with van der Waals surface area (Å²) in [7, 11) is 0. The second-order valence-electron chi connectivity index (χ2n) is 4.30. The molecule has 0 bridgehead atoms. The Morgan fingerprint density at radius 3 is 2.81 bits per heavy atom. The minimum absolute atomic E-state index is 0.0406. The van der Waals surface area contributed by atoms with Gasteiger partial charge < -0.3 is 9.67 Å². The first-order valence-electron chi connectivity index (χ1n) is 6.25. The van der Waals surface area contributed by atoms with Crippen LogP contribution < -0.4 is 0 Å². The van der Waals surface area contributed by atoms with E-state index >= 15 is 0 Å². The highest BCUT2D eigenvalue weighted by Crippen LogP contribution is 2.29. The van der Waals surface area contributed by atoms with Gasteiger partial charge in [0, 0.05) is 21.6 Å². The summed E-state index contributed by atoms with van der Waals surface area (Å²) in [6.45, 7) is 2.76. The third-order valence-electron chi connectivity index (χ3n) is 2.61. The summed E-state index contributed by atoms with van der Waals surface area (Å²) in [5.41, 5.74) is 0.845. The van der Waals surface area contributed by atoms with E-state index in [1.165, 1.54) is 0 Å². The lowest BCUT2D eigenvalue weighted by Crippen LogP contribution is -2.04. The van der Waals surface area contributed by atoms with Crippen molar-refractivity contribution in [3.63, 3.8) is 0 Å². The van der Waals surface area contributed by atoms with E-state index in [4.69, 9.17) is 16.7 Å². The molecular formula is C13H13BrClN3O2S. The third-order valence-corrected chi connectivity index (χ3v) is 4.24. The molecule has 0 aliphatic heterocycles. The molecular weight excluding hydrogens is 378 g/mol. The molecule has 0 atom stereocenters. The molecule has 2 rings (SSSR count). The standard InChI is InChI=1S/C13H13BrClN3O2S/c1-2-3-18-12(8-4-9(14)6-10(15)5-8)16-17-13(18)21-7-11(19)20/h4-6H,2-3,7H2,1H3,(H,19,20). The Morgan fingerprint density at radius 1 is 1.43 bits per heavy atom. The first-order valence-corrected chi connectivity index (χ1v) is 8.41. The molecule has 21 heavy (non-hydrogen) atoms. The predicted molar refractivity (Wildman–Crippen MR) is 86.8 cm³/mol. The summed E-state index contributed by atoms with van der Waals surface area (Å²) < 4.78 is 2.78. The highest BCUT2D eigenvalue weighted by atomic mass is 79.9. The molecule has 0 saturated carbocycles. The van der Waals surface area contributed by atoms with E-state index in [9.17, 15) is 4.79 Å². The Bertz CT molecular complexity index is 643. The average Bonchev–Trinajstić information content (AvgIpc) is 2.79. The Hall–Kier alpha value is -1.05. The van der Waals surface area contributed by atoms with E-state index in [0.717, 1.165) is 28.2 Å². The topological polar surface area (TPSA) is 68.0 Å². The SMILES string of the molecule is CCCn1c(SCC(=O)O)nnc1-c1cc(Cl)cc(Br)c1. The molecule has 5 nitrogen and oxygen atoms in total. The van der Waals surface area contributed by atoms with Crippen LogP contribution >= 0.6 is 39.3 Å². The summed E-state index contributed by atoms with van der Waals surface area (Å²) in [6.07, 6.45) is 0.896. The van der Waals surface area contributed by atoms with Gasteiger partial charge in [-0.05, 0) is 24.6 Å². The van der Waals surface area contributed by atoms with Gasteiger partial charge in [0.05, 0.1) is 5.75 Å². The molecule has 0 aliphatic carbocycles. The molecule has 112 valence electrons. The van der Waals surface area contributed by atoms with E-state index in [-0.39, 0.29) is 5.75 Å². The number of hydrogen-bond donors (Lipinski definition) is 1. The summed E-state index contributed by atoms with van der Waals surface area (Å²) in [6, 6.07) is 5.52. The van der Waals surface area contributed by atoms with Crippen molar-refractivity contribution in [2.45, 2.75) is 25.0 Å². The number of carboxylic acids is 1. The molecule has 2 aromatic rings.